The van der Waals surface area contributed by atoms with Crippen LogP contribution in [-0.2, 0) is 0 Å². The van der Waals surface area contributed by atoms with Gasteiger partial charge in [-0.2, -0.15) is 0 Å². The van der Waals surface area contributed by atoms with E-state index in [0.29, 0.717) is 11.8 Å². The van der Waals surface area contributed by atoms with Gasteiger partial charge in [0.05, 0.1) is 0 Å². The molecule has 1 N–H and O–H groups in total. The molecular formula is C13H17N3S. The van der Waals surface area contributed by atoms with Crippen LogP contribution < -0.4 is 5.32 Å². The normalized spacial score (nSPS) is 12.6. The molecule has 0 aliphatic carbocycles. The predicted octanol–water partition coefficient (Wildman–Crippen LogP) is 3.39. The van der Waals surface area contributed by atoms with Crippen molar-refractivity contribution in [1.29, 1.82) is 0 Å². The zero-order valence-corrected chi connectivity index (χ0v) is 10.9. The fourth-order valence-electron chi connectivity index (χ4n) is 1.89. The minimum Gasteiger partial charge on any atom is -0.359 e. The lowest BCUT2D eigenvalue weighted by molar-refractivity contribution is 0.517. The second kappa shape index (κ2) is 5.77. The molecule has 0 fully saturated rings. The van der Waals surface area contributed by atoms with E-state index in [2.05, 4.69) is 59.7 Å². The molecule has 2 rings (SSSR count). The van der Waals surface area contributed by atoms with Gasteiger partial charge in [0.1, 0.15) is 5.51 Å². The van der Waals surface area contributed by atoms with Crippen molar-refractivity contribution in [2.45, 2.75) is 19.8 Å². The smallest absolute Gasteiger partial charge is 0.205 e. The Morgan fingerprint density at radius 3 is 2.59 bits per heavy atom. The number of hydrogen-bond donors (Lipinski definition) is 1. The summed E-state index contributed by atoms with van der Waals surface area (Å²) in [5, 5.41) is 12.1. The molecule has 0 saturated carbocycles. The van der Waals surface area contributed by atoms with Crippen molar-refractivity contribution in [3.05, 3.63) is 41.4 Å². The molecule has 1 atom stereocenters. The lowest BCUT2D eigenvalue weighted by Crippen LogP contribution is -2.17. The Bertz CT molecular complexity index is 425. The molecule has 0 aliphatic rings. The predicted molar refractivity (Wildman–Crippen MR) is 72.4 cm³/mol. The lowest BCUT2D eigenvalue weighted by Gasteiger charge is -2.21. The zero-order valence-electron chi connectivity index (χ0n) is 10.1. The molecule has 0 bridgehead atoms. The van der Waals surface area contributed by atoms with Gasteiger partial charge in [0, 0.05) is 12.5 Å². The minimum absolute atomic E-state index is 0.500. The number of hydrogen-bond acceptors (Lipinski definition) is 4. The van der Waals surface area contributed by atoms with Gasteiger partial charge >= 0.3 is 0 Å². The van der Waals surface area contributed by atoms with Crippen LogP contribution in [0.3, 0.4) is 0 Å². The third-order valence-electron chi connectivity index (χ3n) is 2.87. The Morgan fingerprint density at radius 1 is 1.24 bits per heavy atom. The summed E-state index contributed by atoms with van der Waals surface area (Å²) in [5.41, 5.74) is 3.12. The Hall–Kier alpha value is -1.42. The average Bonchev–Trinajstić information content (AvgIpc) is 2.83. The molecule has 0 radical (unpaired) electrons. The second-order valence-corrected chi connectivity index (χ2v) is 5.22. The van der Waals surface area contributed by atoms with Crippen molar-refractivity contribution >= 4 is 16.5 Å². The van der Waals surface area contributed by atoms with Crippen LogP contribution in [0.25, 0.3) is 0 Å². The maximum Gasteiger partial charge on any atom is 0.205 e. The van der Waals surface area contributed by atoms with Gasteiger partial charge < -0.3 is 5.32 Å². The number of anilines is 1. The maximum absolute atomic E-state index is 4.00. The minimum atomic E-state index is 0.500. The summed E-state index contributed by atoms with van der Waals surface area (Å²) >= 11 is 1.54. The Kier molecular flexibility index (Phi) is 4.09. The fraction of sp³-hybridized carbons (Fsp3) is 0.385. The number of rotatable bonds is 5. The molecule has 1 aromatic heterocycles. The van der Waals surface area contributed by atoms with E-state index in [1.165, 1.54) is 16.9 Å². The largest absolute Gasteiger partial charge is 0.359 e. The molecule has 1 unspecified atom stereocenters. The molecule has 0 saturated heterocycles. The summed E-state index contributed by atoms with van der Waals surface area (Å²) in [6, 6.07) is 10.6. The van der Waals surface area contributed by atoms with Gasteiger partial charge in [0.15, 0.2) is 0 Å². The summed E-state index contributed by atoms with van der Waals surface area (Å²) in [5.74, 6) is 1.10. The highest BCUT2D eigenvalue weighted by Gasteiger charge is 2.15. The first kappa shape index (κ1) is 12.0. The van der Waals surface area contributed by atoms with Crippen molar-refractivity contribution in [3.63, 3.8) is 0 Å². The molecule has 0 spiro atoms. The van der Waals surface area contributed by atoms with Crippen molar-refractivity contribution < 1.29 is 0 Å². The first-order valence-corrected chi connectivity index (χ1v) is 6.70. The monoisotopic (exact) mass is 247 g/mol. The highest BCUT2D eigenvalue weighted by Crippen LogP contribution is 2.24. The summed E-state index contributed by atoms with van der Waals surface area (Å²) in [7, 11) is 0. The van der Waals surface area contributed by atoms with Gasteiger partial charge in [-0.05, 0) is 11.5 Å². The van der Waals surface area contributed by atoms with E-state index < -0.39 is 0 Å². The number of benzene rings is 1. The van der Waals surface area contributed by atoms with Gasteiger partial charge in [0.2, 0.25) is 5.13 Å². The first-order valence-electron chi connectivity index (χ1n) is 5.82. The standard InChI is InChI=1S/C13H17N3S/c1-10(2)12(11-6-4-3-5-7-11)8-14-13-16-15-9-17-13/h3-7,9-10,12H,8H2,1-2H3,(H,14,16). The first-order chi connectivity index (χ1) is 8.27. The third kappa shape index (κ3) is 3.27. The van der Waals surface area contributed by atoms with Gasteiger partial charge in [0.25, 0.3) is 0 Å². The zero-order chi connectivity index (χ0) is 12.1. The molecule has 17 heavy (non-hydrogen) atoms. The van der Waals surface area contributed by atoms with Crippen LogP contribution in [0, 0.1) is 5.92 Å². The summed E-state index contributed by atoms with van der Waals surface area (Å²) in [6.45, 7) is 5.40. The van der Waals surface area contributed by atoms with Gasteiger partial charge in [-0.15, -0.1) is 10.2 Å². The quantitative estimate of drug-likeness (QED) is 0.880. The van der Waals surface area contributed by atoms with Crippen LogP contribution in [0.5, 0.6) is 0 Å². The van der Waals surface area contributed by atoms with Crippen LogP contribution in [0.4, 0.5) is 5.13 Å². The second-order valence-electron chi connectivity index (χ2n) is 4.39. The molecular weight excluding hydrogens is 230 g/mol. The Labute approximate surface area is 106 Å². The molecule has 3 nitrogen and oxygen atoms in total. The van der Waals surface area contributed by atoms with Gasteiger partial charge in [-0.25, -0.2) is 0 Å². The fourth-order valence-corrected chi connectivity index (χ4v) is 2.34. The van der Waals surface area contributed by atoms with Gasteiger partial charge in [-0.1, -0.05) is 55.5 Å². The summed E-state index contributed by atoms with van der Waals surface area (Å²) in [4.78, 5) is 0. The molecule has 1 aromatic carbocycles. The molecule has 1 heterocycles. The van der Waals surface area contributed by atoms with E-state index in [9.17, 15) is 0 Å². The molecule has 4 heteroatoms. The van der Waals surface area contributed by atoms with Crippen molar-refractivity contribution in [2.75, 3.05) is 11.9 Å². The van der Waals surface area contributed by atoms with Crippen LogP contribution in [0.1, 0.15) is 25.3 Å². The maximum atomic E-state index is 4.00. The van der Waals surface area contributed by atoms with E-state index in [-0.39, 0.29) is 0 Å². The number of aromatic nitrogens is 2. The average molecular weight is 247 g/mol. The van der Waals surface area contributed by atoms with Crippen LogP contribution in [0.15, 0.2) is 35.8 Å². The topological polar surface area (TPSA) is 37.8 Å². The Morgan fingerprint density at radius 2 is 2.00 bits per heavy atom. The SMILES string of the molecule is CC(C)C(CNc1nncs1)c1ccccc1. The summed E-state index contributed by atoms with van der Waals surface area (Å²) in [6.07, 6.45) is 0. The molecule has 0 amide bonds. The van der Waals surface area contributed by atoms with Crippen molar-refractivity contribution in [2.24, 2.45) is 5.92 Å². The highest BCUT2D eigenvalue weighted by atomic mass is 32.1. The van der Waals surface area contributed by atoms with Crippen molar-refractivity contribution in [1.82, 2.24) is 10.2 Å². The Balaban J connectivity index is 2.03. The number of nitrogens with one attached hydrogen (secondary N) is 1. The van der Waals surface area contributed by atoms with Crippen LogP contribution in [-0.4, -0.2) is 16.7 Å². The third-order valence-corrected chi connectivity index (χ3v) is 3.51. The van der Waals surface area contributed by atoms with Crippen LogP contribution in [0.2, 0.25) is 0 Å². The van der Waals surface area contributed by atoms with E-state index in [0.717, 1.165) is 11.7 Å². The lowest BCUT2D eigenvalue weighted by atomic mass is 9.88. The molecule has 0 aliphatic heterocycles. The number of nitrogens with zero attached hydrogens (tertiary/aromatic N) is 2. The molecule has 2 aromatic rings. The van der Waals surface area contributed by atoms with E-state index in [1.807, 2.05) is 0 Å². The van der Waals surface area contributed by atoms with Gasteiger partial charge in [-0.3, -0.25) is 0 Å². The van der Waals surface area contributed by atoms with Crippen molar-refractivity contribution in [3.8, 4) is 0 Å². The summed E-state index contributed by atoms with van der Waals surface area (Å²) < 4.78 is 0. The van der Waals surface area contributed by atoms with E-state index in [4.69, 9.17) is 0 Å². The molecule has 90 valence electrons. The highest BCUT2D eigenvalue weighted by molar-refractivity contribution is 7.13. The van der Waals surface area contributed by atoms with E-state index >= 15 is 0 Å². The van der Waals surface area contributed by atoms with E-state index in [1.54, 1.807) is 5.51 Å². The van der Waals surface area contributed by atoms with Crippen LogP contribution >= 0.6 is 11.3 Å².